The predicted molar refractivity (Wildman–Crippen MR) is 118 cm³/mol. The number of carboxylic acid groups (broad SMARTS) is 1. The quantitative estimate of drug-likeness (QED) is 0.472. The molecule has 3 aromatic carbocycles. The van der Waals surface area contributed by atoms with Crippen LogP contribution in [0.2, 0.25) is 0 Å². The minimum atomic E-state index is -1.20. The Bertz CT molecular complexity index is 1290. The first-order valence-electron chi connectivity index (χ1n) is 9.47. The fourth-order valence-electron chi connectivity index (χ4n) is 3.24. The fourth-order valence-corrected chi connectivity index (χ4v) is 3.24. The predicted octanol–water partition coefficient (Wildman–Crippen LogP) is 2.62. The second-order valence-electron chi connectivity index (χ2n) is 6.83. The molecular formula is C25H18FN2NaO3. The molecule has 154 valence electrons. The van der Waals surface area contributed by atoms with Crippen molar-refractivity contribution >= 4 is 17.6 Å². The number of carboxylic acids is 1. The van der Waals surface area contributed by atoms with E-state index in [4.69, 9.17) is 0 Å². The molecule has 0 aliphatic heterocycles. The number of amides is 1. The van der Waals surface area contributed by atoms with Crippen molar-refractivity contribution in [3.63, 3.8) is 0 Å². The number of hydrogen-bond acceptors (Lipinski definition) is 3. The summed E-state index contributed by atoms with van der Waals surface area (Å²) < 4.78 is 14.2. The molecule has 0 atom stereocenters. The zero-order valence-corrected chi connectivity index (χ0v) is 19.2. The summed E-state index contributed by atoms with van der Waals surface area (Å²) in [5.41, 5.74) is 2.67. The topological polar surface area (TPSA) is 79.3 Å². The summed E-state index contributed by atoms with van der Waals surface area (Å²) in [6, 6.07) is 21.6. The van der Waals surface area contributed by atoms with Crippen LogP contribution in [0, 0.1) is 5.82 Å². The van der Waals surface area contributed by atoms with Crippen LogP contribution in [0.25, 0.3) is 22.3 Å². The summed E-state index contributed by atoms with van der Waals surface area (Å²) >= 11 is 0. The molecule has 1 aromatic heterocycles. The maximum absolute atomic E-state index is 14.2. The number of carbonyl (C=O) groups excluding carboxylic acids is 1. The van der Waals surface area contributed by atoms with E-state index in [0.717, 1.165) is 11.1 Å². The first-order chi connectivity index (χ1) is 15.0. The van der Waals surface area contributed by atoms with Crippen molar-refractivity contribution in [1.82, 2.24) is 4.98 Å². The van der Waals surface area contributed by atoms with Gasteiger partial charge in [-0.05, 0) is 35.4 Å². The molecule has 0 fully saturated rings. The van der Waals surface area contributed by atoms with Gasteiger partial charge < -0.3 is 11.8 Å². The van der Waals surface area contributed by atoms with Crippen LogP contribution >= 0.6 is 0 Å². The number of nitrogens with one attached hydrogen (secondary N) is 1. The van der Waals surface area contributed by atoms with E-state index in [0.29, 0.717) is 11.1 Å². The number of benzene rings is 3. The Kier molecular flexibility index (Phi) is 7.53. The van der Waals surface area contributed by atoms with Crippen LogP contribution in [-0.2, 0) is 0 Å². The summed E-state index contributed by atoms with van der Waals surface area (Å²) in [5.74, 6) is -2.16. The fraction of sp³-hybridized carbons (Fsp3) is 0. The van der Waals surface area contributed by atoms with Gasteiger partial charge in [-0.2, -0.15) is 0 Å². The molecule has 4 rings (SSSR count). The molecule has 32 heavy (non-hydrogen) atoms. The maximum atomic E-state index is 14.2. The van der Waals surface area contributed by atoms with Crippen molar-refractivity contribution in [3.05, 3.63) is 108 Å². The molecule has 4 aromatic rings. The molecule has 0 bridgehead atoms. The molecule has 5 nitrogen and oxygen atoms in total. The molecular weight excluding hydrogens is 418 g/mol. The van der Waals surface area contributed by atoms with Crippen molar-refractivity contribution in [2.75, 3.05) is 5.32 Å². The second kappa shape index (κ2) is 10.3. The Hall–Kier alpha value is -3.32. The van der Waals surface area contributed by atoms with Gasteiger partial charge in [-0.1, -0.05) is 54.6 Å². The Labute approximate surface area is 207 Å². The molecule has 0 spiro atoms. The maximum Gasteiger partial charge on any atom is 1.00 e. The SMILES string of the molecule is O=C(Nc1cc(-c2ccccc2F)ccc1C(=O)O)c1cncc(-c2ccccc2)c1.[H-].[Na+]. The van der Waals surface area contributed by atoms with Crippen LogP contribution in [0.3, 0.4) is 0 Å². The van der Waals surface area contributed by atoms with E-state index < -0.39 is 17.7 Å². The van der Waals surface area contributed by atoms with E-state index in [-0.39, 0.29) is 47.8 Å². The minimum absolute atomic E-state index is 0. The van der Waals surface area contributed by atoms with Gasteiger partial charge in [0.05, 0.1) is 16.8 Å². The number of carbonyl (C=O) groups is 2. The van der Waals surface area contributed by atoms with Crippen LogP contribution in [0.1, 0.15) is 22.1 Å². The van der Waals surface area contributed by atoms with Gasteiger partial charge in [-0.15, -0.1) is 0 Å². The van der Waals surface area contributed by atoms with Gasteiger partial charge in [0.25, 0.3) is 5.91 Å². The molecule has 0 radical (unpaired) electrons. The number of aromatic carboxylic acids is 1. The first kappa shape index (κ1) is 23.3. The molecule has 0 unspecified atom stereocenters. The van der Waals surface area contributed by atoms with Crippen molar-refractivity contribution in [2.45, 2.75) is 0 Å². The number of hydrogen-bond donors (Lipinski definition) is 2. The van der Waals surface area contributed by atoms with Gasteiger partial charge in [-0.3, -0.25) is 9.78 Å². The Morgan fingerprint density at radius 1 is 0.844 bits per heavy atom. The smallest absolute Gasteiger partial charge is 1.00 e. The van der Waals surface area contributed by atoms with E-state index in [1.54, 1.807) is 30.5 Å². The Morgan fingerprint density at radius 2 is 1.56 bits per heavy atom. The summed E-state index contributed by atoms with van der Waals surface area (Å²) in [7, 11) is 0. The normalized spacial score (nSPS) is 10.2. The van der Waals surface area contributed by atoms with Gasteiger partial charge in [0.1, 0.15) is 5.82 Å². The molecule has 2 N–H and O–H groups in total. The second-order valence-corrected chi connectivity index (χ2v) is 6.83. The molecule has 1 amide bonds. The summed E-state index contributed by atoms with van der Waals surface area (Å²) in [5, 5.41) is 12.2. The molecule has 0 saturated carbocycles. The standard InChI is InChI=1S/C25H17FN2O3.Na.H/c26-22-9-5-4-8-20(22)17-10-11-21(25(30)31)23(13-17)28-24(29)19-12-18(14-27-15-19)16-6-2-1-3-7-16;;/h1-15H,(H,28,29)(H,30,31);;/q;+1;-1. The summed E-state index contributed by atoms with van der Waals surface area (Å²) in [6.07, 6.45) is 3.05. The van der Waals surface area contributed by atoms with Crippen LogP contribution in [0.15, 0.2) is 91.3 Å². The van der Waals surface area contributed by atoms with Crippen LogP contribution < -0.4 is 34.9 Å². The first-order valence-corrected chi connectivity index (χ1v) is 9.47. The molecule has 0 saturated heterocycles. The summed E-state index contributed by atoms with van der Waals surface area (Å²) in [6.45, 7) is 0. The average Bonchev–Trinajstić information content (AvgIpc) is 2.80. The third kappa shape index (κ3) is 5.11. The van der Waals surface area contributed by atoms with E-state index in [9.17, 15) is 19.1 Å². The van der Waals surface area contributed by atoms with Crippen LogP contribution in [-0.4, -0.2) is 22.0 Å². The van der Waals surface area contributed by atoms with Crippen molar-refractivity contribution < 1.29 is 50.1 Å². The number of rotatable bonds is 5. The van der Waals surface area contributed by atoms with Gasteiger partial charge in [0, 0.05) is 23.5 Å². The third-order valence-corrected chi connectivity index (χ3v) is 4.79. The van der Waals surface area contributed by atoms with Crippen molar-refractivity contribution in [2.24, 2.45) is 0 Å². The molecule has 0 aliphatic rings. The number of halogens is 1. The minimum Gasteiger partial charge on any atom is -1.00 e. The molecule has 0 aliphatic carbocycles. The van der Waals surface area contributed by atoms with Gasteiger partial charge in [-0.25, -0.2) is 9.18 Å². The van der Waals surface area contributed by atoms with Gasteiger partial charge in [0.2, 0.25) is 0 Å². The van der Waals surface area contributed by atoms with E-state index in [2.05, 4.69) is 10.3 Å². The number of nitrogens with zero attached hydrogens (tertiary/aromatic N) is 1. The van der Waals surface area contributed by atoms with Gasteiger partial charge in [0.15, 0.2) is 0 Å². The Morgan fingerprint density at radius 3 is 2.28 bits per heavy atom. The van der Waals surface area contributed by atoms with Crippen molar-refractivity contribution in [1.29, 1.82) is 0 Å². The molecule has 7 heteroatoms. The largest absolute Gasteiger partial charge is 1.00 e. The zero-order chi connectivity index (χ0) is 21.8. The zero-order valence-electron chi connectivity index (χ0n) is 18.2. The number of anilines is 1. The van der Waals surface area contributed by atoms with Crippen LogP contribution in [0.4, 0.5) is 10.1 Å². The Balaban J connectivity index is 0.00000193. The average molecular weight is 436 g/mol. The molecule has 1 heterocycles. The van der Waals surface area contributed by atoms with E-state index in [1.165, 1.54) is 30.5 Å². The monoisotopic (exact) mass is 436 g/mol. The van der Waals surface area contributed by atoms with E-state index in [1.807, 2.05) is 30.3 Å². The summed E-state index contributed by atoms with van der Waals surface area (Å²) in [4.78, 5) is 28.7. The number of pyridine rings is 1. The third-order valence-electron chi connectivity index (χ3n) is 4.79. The van der Waals surface area contributed by atoms with Crippen LogP contribution in [0.5, 0.6) is 0 Å². The van der Waals surface area contributed by atoms with E-state index >= 15 is 0 Å². The number of aromatic nitrogens is 1. The van der Waals surface area contributed by atoms with Gasteiger partial charge >= 0.3 is 35.5 Å². The van der Waals surface area contributed by atoms with Crippen molar-refractivity contribution in [3.8, 4) is 22.3 Å².